The van der Waals surface area contributed by atoms with Crippen LogP contribution in [0, 0.1) is 6.92 Å². The molecule has 88 valence electrons. The molecule has 1 nitrogen and oxygen atoms in total. The molecular weight excluding hydrogens is 287 g/mol. The number of fused-ring (bicyclic) bond motifs is 1. The maximum absolute atomic E-state index is 5.97. The Labute approximate surface area is 113 Å². The standard InChI is InChI=1S/C16H13OSe/c1-12-11-16(18-13-7-3-2-4-8-13)17-15-10-6-5-9-14(12)15/h2-11H,1H3/q+1. The van der Waals surface area contributed by atoms with E-state index in [0.29, 0.717) is 0 Å². The topological polar surface area (TPSA) is 11.3 Å². The van der Waals surface area contributed by atoms with E-state index in [0.717, 1.165) is 10.2 Å². The molecule has 1 heterocycles. The molecule has 3 aromatic rings. The molecule has 0 bridgehead atoms. The van der Waals surface area contributed by atoms with Gasteiger partial charge in [0.2, 0.25) is 0 Å². The first-order valence-electron chi connectivity index (χ1n) is 5.88. The van der Waals surface area contributed by atoms with Crippen molar-refractivity contribution < 1.29 is 4.42 Å². The van der Waals surface area contributed by atoms with Crippen LogP contribution in [0.4, 0.5) is 0 Å². The van der Waals surface area contributed by atoms with Gasteiger partial charge in [0.05, 0.1) is 0 Å². The van der Waals surface area contributed by atoms with Crippen molar-refractivity contribution in [1.29, 1.82) is 0 Å². The molecule has 0 radical (unpaired) electrons. The van der Waals surface area contributed by atoms with Crippen LogP contribution >= 0.6 is 0 Å². The summed E-state index contributed by atoms with van der Waals surface area (Å²) in [5.74, 6) is 0. The van der Waals surface area contributed by atoms with Gasteiger partial charge in [0.25, 0.3) is 0 Å². The fourth-order valence-corrected chi connectivity index (χ4v) is 3.80. The molecule has 1 aromatic heterocycles. The van der Waals surface area contributed by atoms with E-state index in [1.54, 1.807) is 0 Å². The summed E-state index contributed by atoms with van der Waals surface area (Å²) in [4.78, 5) is 0. The van der Waals surface area contributed by atoms with Gasteiger partial charge in [-0.05, 0) is 0 Å². The minimum absolute atomic E-state index is 0.232. The second-order valence-electron chi connectivity index (χ2n) is 4.16. The summed E-state index contributed by atoms with van der Waals surface area (Å²) >= 11 is 0.232. The fourth-order valence-electron chi connectivity index (χ4n) is 1.93. The summed E-state index contributed by atoms with van der Waals surface area (Å²) in [7, 11) is 0. The van der Waals surface area contributed by atoms with Crippen LogP contribution in [0.2, 0.25) is 0 Å². The Morgan fingerprint density at radius 2 is 1.61 bits per heavy atom. The van der Waals surface area contributed by atoms with E-state index in [2.05, 4.69) is 43.3 Å². The van der Waals surface area contributed by atoms with Crippen molar-refractivity contribution in [2.45, 2.75) is 6.92 Å². The minimum atomic E-state index is 0.232. The van der Waals surface area contributed by atoms with Crippen LogP contribution in [-0.2, 0) is 0 Å². The van der Waals surface area contributed by atoms with Crippen molar-refractivity contribution in [3.8, 4) is 0 Å². The van der Waals surface area contributed by atoms with Gasteiger partial charge in [-0.2, -0.15) is 0 Å². The van der Waals surface area contributed by atoms with Crippen molar-refractivity contribution in [2.75, 3.05) is 0 Å². The molecular formula is C16H13OSe+. The van der Waals surface area contributed by atoms with E-state index in [9.17, 15) is 0 Å². The number of hydrogen-bond acceptors (Lipinski definition) is 0. The number of hydrogen-bond donors (Lipinski definition) is 0. The Morgan fingerprint density at radius 1 is 0.889 bits per heavy atom. The number of para-hydroxylation sites is 1. The van der Waals surface area contributed by atoms with E-state index in [4.69, 9.17) is 4.42 Å². The number of benzene rings is 2. The van der Waals surface area contributed by atoms with E-state index in [1.165, 1.54) is 15.4 Å². The molecule has 0 aliphatic carbocycles. The van der Waals surface area contributed by atoms with Crippen molar-refractivity contribution in [3.63, 3.8) is 0 Å². The fraction of sp³-hybridized carbons (Fsp3) is 0.0625. The average molecular weight is 300 g/mol. The first kappa shape index (κ1) is 11.5. The Balaban J connectivity index is 2.03. The molecule has 0 atom stereocenters. The third-order valence-corrected chi connectivity index (χ3v) is 4.73. The predicted octanol–water partition coefficient (Wildman–Crippen LogP) is 2.68. The molecule has 0 saturated heterocycles. The molecule has 0 amide bonds. The Hall–Kier alpha value is -1.63. The van der Waals surface area contributed by atoms with Crippen molar-refractivity contribution in [1.82, 2.24) is 0 Å². The molecule has 2 heteroatoms. The third-order valence-electron chi connectivity index (χ3n) is 2.82. The average Bonchev–Trinajstić information content (AvgIpc) is 2.40. The molecule has 0 unspecified atom stereocenters. The van der Waals surface area contributed by atoms with Crippen molar-refractivity contribution in [2.24, 2.45) is 0 Å². The molecule has 0 N–H and O–H groups in total. The van der Waals surface area contributed by atoms with Gasteiger partial charge in [-0.15, -0.1) is 0 Å². The first-order valence-corrected chi connectivity index (χ1v) is 7.59. The van der Waals surface area contributed by atoms with Gasteiger partial charge in [-0.3, -0.25) is 0 Å². The number of rotatable bonds is 2. The summed E-state index contributed by atoms with van der Waals surface area (Å²) in [6.07, 6.45) is 0. The normalized spacial score (nSPS) is 10.7. The molecule has 18 heavy (non-hydrogen) atoms. The van der Waals surface area contributed by atoms with Gasteiger partial charge in [0, 0.05) is 0 Å². The van der Waals surface area contributed by atoms with Gasteiger partial charge in [0.1, 0.15) is 0 Å². The van der Waals surface area contributed by atoms with Crippen LogP contribution in [0.5, 0.6) is 0 Å². The molecule has 0 aliphatic rings. The van der Waals surface area contributed by atoms with E-state index in [1.807, 2.05) is 24.3 Å². The van der Waals surface area contributed by atoms with Gasteiger partial charge in [-0.1, -0.05) is 0 Å². The third kappa shape index (κ3) is 2.31. The van der Waals surface area contributed by atoms with Crippen LogP contribution in [0.3, 0.4) is 0 Å². The van der Waals surface area contributed by atoms with E-state index < -0.39 is 0 Å². The van der Waals surface area contributed by atoms with Crippen LogP contribution in [0.15, 0.2) is 65.1 Å². The van der Waals surface area contributed by atoms with Gasteiger partial charge in [0.15, 0.2) is 0 Å². The Morgan fingerprint density at radius 3 is 2.44 bits per heavy atom. The zero-order chi connectivity index (χ0) is 12.4. The van der Waals surface area contributed by atoms with Crippen LogP contribution in [0.25, 0.3) is 11.0 Å². The molecule has 0 fully saturated rings. The molecule has 0 saturated carbocycles. The Kier molecular flexibility index (Phi) is 3.14. The molecule has 0 spiro atoms. The van der Waals surface area contributed by atoms with Gasteiger partial charge >= 0.3 is 113 Å². The van der Waals surface area contributed by atoms with Crippen LogP contribution in [-0.4, -0.2) is 15.0 Å². The van der Waals surface area contributed by atoms with Crippen molar-refractivity contribution in [3.05, 3.63) is 66.2 Å². The second kappa shape index (κ2) is 4.93. The van der Waals surface area contributed by atoms with Crippen LogP contribution < -0.4 is 9.12 Å². The SMILES string of the molecule is Cc1cc([Se]c2ccccc2)[o+]c2ccccc12. The Bertz CT molecular complexity index is 677. The summed E-state index contributed by atoms with van der Waals surface area (Å²) in [6.45, 7) is 2.14. The zero-order valence-electron chi connectivity index (χ0n) is 10.1. The van der Waals surface area contributed by atoms with Crippen LogP contribution in [0.1, 0.15) is 5.56 Å². The zero-order valence-corrected chi connectivity index (χ0v) is 11.8. The second-order valence-corrected chi connectivity index (χ2v) is 6.42. The van der Waals surface area contributed by atoms with Crippen molar-refractivity contribution >= 4 is 35.0 Å². The first-order chi connectivity index (χ1) is 8.83. The van der Waals surface area contributed by atoms with E-state index in [-0.39, 0.29) is 15.0 Å². The summed E-state index contributed by atoms with van der Waals surface area (Å²) in [5, 5.41) is 1.20. The monoisotopic (exact) mass is 301 g/mol. The maximum atomic E-state index is 5.97. The summed E-state index contributed by atoms with van der Waals surface area (Å²) in [6, 6.07) is 20.9. The van der Waals surface area contributed by atoms with E-state index >= 15 is 0 Å². The summed E-state index contributed by atoms with van der Waals surface area (Å²) < 4.78 is 8.38. The number of aryl methyl sites for hydroxylation is 1. The predicted molar refractivity (Wildman–Crippen MR) is 76.8 cm³/mol. The van der Waals surface area contributed by atoms with Gasteiger partial charge < -0.3 is 0 Å². The quantitative estimate of drug-likeness (QED) is 0.523. The summed E-state index contributed by atoms with van der Waals surface area (Å²) in [5.41, 5.74) is 2.26. The van der Waals surface area contributed by atoms with Gasteiger partial charge in [-0.25, -0.2) is 0 Å². The molecule has 2 aromatic carbocycles. The molecule has 3 rings (SSSR count). The molecule has 0 aliphatic heterocycles.